The van der Waals surface area contributed by atoms with Crippen molar-refractivity contribution >= 4 is 0 Å². The Kier molecular flexibility index (Phi) is 5.84. The van der Waals surface area contributed by atoms with Crippen LogP contribution in [0.15, 0.2) is 0 Å². The molecule has 0 aliphatic carbocycles. The first-order valence-electron chi connectivity index (χ1n) is 7.79. The SMILES string of the molecule is CC(C)NCCCC(C)N1CC(C)(C)OC(C)(C)C1. The molecule has 114 valence electrons. The van der Waals surface area contributed by atoms with Crippen LogP contribution in [0.3, 0.4) is 0 Å². The van der Waals surface area contributed by atoms with Crippen molar-refractivity contribution in [3.05, 3.63) is 0 Å². The van der Waals surface area contributed by atoms with Crippen LogP contribution in [0, 0.1) is 0 Å². The number of morpholine rings is 1. The summed E-state index contributed by atoms with van der Waals surface area (Å²) in [5.41, 5.74) is -0.0710. The van der Waals surface area contributed by atoms with E-state index in [9.17, 15) is 0 Å². The highest BCUT2D eigenvalue weighted by Gasteiger charge is 2.39. The summed E-state index contributed by atoms with van der Waals surface area (Å²) in [5.74, 6) is 0. The molecule has 3 heteroatoms. The van der Waals surface area contributed by atoms with Crippen molar-refractivity contribution in [2.24, 2.45) is 0 Å². The van der Waals surface area contributed by atoms with E-state index < -0.39 is 0 Å². The lowest BCUT2D eigenvalue weighted by atomic mass is 9.96. The van der Waals surface area contributed by atoms with Crippen molar-refractivity contribution in [1.29, 1.82) is 0 Å². The van der Waals surface area contributed by atoms with Gasteiger partial charge in [-0.25, -0.2) is 0 Å². The average molecular weight is 270 g/mol. The monoisotopic (exact) mass is 270 g/mol. The Bertz CT molecular complexity index is 258. The third kappa shape index (κ3) is 6.24. The third-order valence-electron chi connectivity index (χ3n) is 3.69. The van der Waals surface area contributed by atoms with Crippen LogP contribution in [0.2, 0.25) is 0 Å². The fourth-order valence-electron chi connectivity index (χ4n) is 3.13. The van der Waals surface area contributed by atoms with E-state index in [1.165, 1.54) is 12.8 Å². The molecule has 1 aliphatic heterocycles. The molecule has 0 aromatic heterocycles. The van der Waals surface area contributed by atoms with Crippen molar-refractivity contribution in [2.45, 2.75) is 84.6 Å². The molecular weight excluding hydrogens is 236 g/mol. The topological polar surface area (TPSA) is 24.5 Å². The maximum atomic E-state index is 6.14. The molecule has 1 fully saturated rings. The van der Waals surface area contributed by atoms with E-state index in [1.807, 2.05) is 0 Å². The van der Waals surface area contributed by atoms with Gasteiger partial charge in [0.1, 0.15) is 0 Å². The predicted molar refractivity (Wildman–Crippen MR) is 82.7 cm³/mol. The summed E-state index contributed by atoms with van der Waals surface area (Å²) < 4.78 is 6.14. The average Bonchev–Trinajstić information content (AvgIpc) is 2.19. The van der Waals surface area contributed by atoms with E-state index in [-0.39, 0.29) is 11.2 Å². The van der Waals surface area contributed by atoms with E-state index in [0.717, 1.165) is 19.6 Å². The summed E-state index contributed by atoms with van der Waals surface area (Å²) >= 11 is 0. The predicted octanol–water partition coefficient (Wildman–Crippen LogP) is 3.04. The Morgan fingerprint density at radius 2 is 1.58 bits per heavy atom. The summed E-state index contributed by atoms with van der Waals surface area (Å²) in [4.78, 5) is 2.60. The maximum absolute atomic E-state index is 6.14. The number of nitrogens with zero attached hydrogens (tertiary/aromatic N) is 1. The molecule has 1 unspecified atom stereocenters. The van der Waals surface area contributed by atoms with Crippen LogP contribution in [0.1, 0.15) is 61.3 Å². The van der Waals surface area contributed by atoms with Gasteiger partial charge in [-0.2, -0.15) is 0 Å². The minimum atomic E-state index is -0.0355. The van der Waals surface area contributed by atoms with Crippen LogP contribution in [0.4, 0.5) is 0 Å². The smallest absolute Gasteiger partial charge is 0.0760 e. The van der Waals surface area contributed by atoms with Gasteiger partial charge < -0.3 is 10.1 Å². The number of ether oxygens (including phenoxy) is 1. The van der Waals surface area contributed by atoms with Crippen LogP contribution in [-0.2, 0) is 4.74 Å². The Morgan fingerprint density at radius 1 is 1.05 bits per heavy atom. The Balaban J connectivity index is 2.41. The summed E-state index contributed by atoms with van der Waals surface area (Å²) in [5, 5.41) is 3.49. The molecule has 0 aromatic carbocycles. The number of nitrogens with one attached hydrogen (secondary N) is 1. The summed E-state index contributed by atoms with van der Waals surface area (Å²) in [7, 11) is 0. The lowest BCUT2D eigenvalue weighted by molar-refractivity contribution is -0.187. The van der Waals surface area contributed by atoms with Crippen LogP contribution in [0.25, 0.3) is 0 Å². The van der Waals surface area contributed by atoms with Crippen LogP contribution < -0.4 is 5.32 Å². The van der Waals surface area contributed by atoms with Gasteiger partial charge >= 0.3 is 0 Å². The molecule has 1 heterocycles. The van der Waals surface area contributed by atoms with Crippen LogP contribution >= 0.6 is 0 Å². The maximum Gasteiger partial charge on any atom is 0.0760 e. The van der Waals surface area contributed by atoms with Crippen LogP contribution in [-0.4, -0.2) is 47.8 Å². The first-order chi connectivity index (χ1) is 8.61. The molecule has 19 heavy (non-hydrogen) atoms. The van der Waals surface area contributed by atoms with Gasteiger partial charge in [0.15, 0.2) is 0 Å². The van der Waals surface area contributed by atoms with Crippen LogP contribution in [0.5, 0.6) is 0 Å². The molecule has 0 bridgehead atoms. The first-order valence-corrected chi connectivity index (χ1v) is 7.79. The normalized spacial score (nSPS) is 24.6. The molecule has 0 spiro atoms. The lowest BCUT2D eigenvalue weighted by Crippen LogP contribution is -2.59. The lowest BCUT2D eigenvalue weighted by Gasteiger charge is -2.49. The minimum absolute atomic E-state index is 0.0355. The minimum Gasteiger partial charge on any atom is -0.367 e. The van der Waals surface area contributed by atoms with Gasteiger partial charge in [0.2, 0.25) is 0 Å². The van der Waals surface area contributed by atoms with Gasteiger partial charge in [-0.1, -0.05) is 13.8 Å². The standard InChI is InChI=1S/C16H34N2O/c1-13(2)17-10-8-9-14(3)18-11-15(4,5)19-16(6,7)12-18/h13-14,17H,8-12H2,1-7H3. The highest BCUT2D eigenvalue weighted by molar-refractivity contribution is 4.90. The Labute approximate surface area is 120 Å². The van der Waals surface area contributed by atoms with E-state index in [0.29, 0.717) is 12.1 Å². The first kappa shape index (κ1) is 16.9. The van der Waals surface area contributed by atoms with Crippen molar-refractivity contribution in [1.82, 2.24) is 10.2 Å². The van der Waals surface area contributed by atoms with Gasteiger partial charge in [-0.15, -0.1) is 0 Å². The van der Waals surface area contributed by atoms with Gasteiger partial charge in [0, 0.05) is 25.2 Å². The van der Waals surface area contributed by atoms with Gasteiger partial charge in [-0.3, -0.25) is 4.90 Å². The molecule has 1 aliphatic rings. The molecule has 1 atom stereocenters. The van der Waals surface area contributed by atoms with Crippen molar-refractivity contribution < 1.29 is 4.74 Å². The molecule has 0 radical (unpaired) electrons. The Morgan fingerprint density at radius 3 is 2.05 bits per heavy atom. The second kappa shape index (κ2) is 6.55. The second-order valence-corrected chi connectivity index (χ2v) is 7.63. The summed E-state index contributed by atoms with van der Waals surface area (Å²) in [6, 6.07) is 1.23. The number of rotatable bonds is 6. The summed E-state index contributed by atoms with van der Waals surface area (Å²) in [6.07, 6.45) is 2.50. The van der Waals surface area contributed by atoms with Crippen molar-refractivity contribution in [3.63, 3.8) is 0 Å². The summed E-state index contributed by atoms with van der Waals surface area (Å²) in [6.45, 7) is 18.8. The van der Waals surface area contributed by atoms with E-state index in [1.54, 1.807) is 0 Å². The van der Waals surface area contributed by atoms with E-state index >= 15 is 0 Å². The quantitative estimate of drug-likeness (QED) is 0.751. The van der Waals surface area contributed by atoms with Gasteiger partial charge in [-0.05, 0) is 54.0 Å². The number of hydrogen-bond donors (Lipinski definition) is 1. The molecular formula is C16H34N2O. The fourth-order valence-corrected chi connectivity index (χ4v) is 3.13. The molecule has 0 saturated carbocycles. The molecule has 1 rings (SSSR count). The molecule has 1 N–H and O–H groups in total. The Hall–Kier alpha value is -0.120. The molecule has 0 aromatic rings. The zero-order valence-electron chi connectivity index (χ0n) is 14.0. The fraction of sp³-hybridized carbons (Fsp3) is 1.00. The largest absolute Gasteiger partial charge is 0.367 e. The van der Waals surface area contributed by atoms with Crippen molar-refractivity contribution in [3.8, 4) is 0 Å². The molecule has 1 saturated heterocycles. The zero-order chi connectivity index (χ0) is 14.7. The van der Waals surface area contributed by atoms with Crippen molar-refractivity contribution in [2.75, 3.05) is 19.6 Å². The van der Waals surface area contributed by atoms with Gasteiger partial charge in [0.05, 0.1) is 11.2 Å². The third-order valence-corrected chi connectivity index (χ3v) is 3.69. The highest BCUT2D eigenvalue weighted by Crippen LogP contribution is 2.29. The van der Waals surface area contributed by atoms with E-state index in [2.05, 4.69) is 58.7 Å². The number of hydrogen-bond acceptors (Lipinski definition) is 3. The van der Waals surface area contributed by atoms with Gasteiger partial charge in [0.25, 0.3) is 0 Å². The zero-order valence-corrected chi connectivity index (χ0v) is 14.0. The second-order valence-electron chi connectivity index (χ2n) is 7.63. The highest BCUT2D eigenvalue weighted by atomic mass is 16.5. The van der Waals surface area contributed by atoms with E-state index in [4.69, 9.17) is 4.74 Å². The molecule has 0 amide bonds. The molecule has 3 nitrogen and oxygen atoms in total.